The van der Waals surface area contributed by atoms with E-state index in [1.807, 2.05) is 6.92 Å². The Bertz CT molecular complexity index is 998. The number of urea groups is 1. The van der Waals surface area contributed by atoms with Gasteiger partial charge in [0.2, 0.25) is 5.91 Å². The van der Waals surface area contributed by atoms with E-state index in [1.165, 1.54) is 30.4 Å². The summed E-state index contributed by atoms with van der Waals surface area (Å²) >= 11 is 5.76. The number of hydrogen-bond acceptors (Lipinski definition) is 3. The maximum absolute atomic E-state index is 13.9. The largest absolute Gasteiger partial charge is 0.351 e. The van der Waals surface area contributed by atoms with Crippen LogP contribution >= 0.6 is 11.6 Å². The van der Waals surface area contributed by atoms with E-state index in [0.29, 0.717) is 26.2 Å². The molecule has 3 N–H and O–H groups in total. The van der Waals surface area contributed by atoms with E-state index in [0.717, 1.165) is 11.6 Å². The normalized spacial score (nSPS) is 17.2. The molecule has 2 aromatic carbocycles. The summed E-state index contributed by atoms with van der Waals surface area (Å²) in [5, 5.41) is 2.20. The Morgan fingerprint density at radius 1 is 1.23 bits per heavy atom. The van der Waals surface area contributed by atoms with Crippen LogP contribution in [0.15, 0.2) is 42.5 Å². The second-order valence-electron chi connectivity index (χ2n) is 7.42. The third-order valence-corrected chi connectivity index (χ3v) is 5.36. The molecule has 6 nitrogen and oxygen atoms in total. The number of nitrogens with one attached hydrogen (secondary N) is 1. The zero-order valence-corrected chi connectivity index (χ0v) is 17.7. The highest BCUT2D eigenvalue weighted by Crippen LogP contribution is 2.26. The SMILES string of the molecule is CC1CN(Cc2ccc(F)cc2)CCN1C(=O)/C=C/c1cc(F)c(Cl)cc1NC(N)=O. The number of nitrogens with zero attached hydrogens (tertiary/aromatic N) is 2. The Labute approximate surface area is 184 Å². The molecule has 1 aliphatic rings. The maximum atomic E-state index is 13.9. The number of primary amides is 1. The summed E-state index contributed by atoms with van der Waals surface area (Å²) in [5.74, 6) is -1.17. The number of carbonyl (C=O) groups is 2. The highest BCUT2D eigenvalue weighted by atomic mass is 35.5. The molecule has 0 radical (unpaired) electrons. The van der Waals surface area contributed by atoms with Gasteiger partial charge in [-0.05, 0) is 42.8 Å². The van der Waals surface area contributed by atoms with Gasteiger partial charge in [0.05, 0.1) is 10.7 Å². The molecule has 0 spiro atoms. The molecule has 1 saturated heterocycles. The maximum Gasteiger partial charge on any atom is 0.316 e. The van der Waals surface area contributed by atoms with Gasteiger partial charge < -0.3 is 16.0 Å². The minimum absolute atomic E-state index is 0.0449. The molecule has 0 aromatic heterocycles. The van der Waals surface area contributed by atoms with Crippen molar-refractivity contribution in [3.63, 3.8) is 0 Å². The monoisotopic (exact) mass is 448 g/mol. The highest BCUT2D eigenvalue weighted by molar-refractivity contribution is 6.31. The summed E-state index contributed by atoms with van der Waals surface area (Å²) in [6.07, 6.45) is 2.76. The zero-order valence-electron chi connectivity index (χ0n) is 16.9. The van der Waals surface area contributed by atoms with Crippen molar-refractivity contribution in [2.24, 2.45) is 5.73 Å². The molecule has 0 saturated carbocycles. The Morgan fingerprint density at radius 2 is 1.94 bits per heavy atom. The highest BCUT2D eigenvalue weighted by Gasteiger charge is 2.26. The van der Waals surface area contributed by atoms with Crippen LogP contribution in [0, 0.1) is 11.6 Å². The molecule has 0 aliphatic carbocycles. The molecule has 3 rings (SSSR count). The van der Waals surface area contributed by atoms with Gasteiger partial charge in [0.25, 0.3) is 0 Å². The minimum Gasteiger partial charge on any atom is -0.351 e. The fraction of sp³-hybridized carbons (Fsp3) is 0.273. The van der Waals surface area contributed by atoms with E-state index in [-0.39, 0.29) is 34.0 Å². The summed E-state index contributed by atoms with van der Waals surface area (Å²) < 4.78 is 26.9. The Hall–Kier alpha value is -2.97. The van der Waals surface area contributed by atoms with Crippen molar-refractivity contribution in [2.75, 3.05) is 25.0 Å². The van der Waals surface area contributed by atoms with Crippen molar-refractivity contribution < 1.29 is 18.4 Å². The first-order valence-corrected chi connectivity index (χ1v) is 10.1. The summed E-state index contributed by atoms with van der Waals surface area (Å²) in [4.78, 5) is 27.8. The quantitative estimate of drug-likeness (QED) is 0.682. The zero-order chi connectivity index (χ0) is 22.5. The van der Waals surface area contributed by atoms with Crippen molar-refractivity contribution in [3.8, 4) is 0 Å². The fourth-order valence-corrected chi connectivity index (χ4v) is 3.71. The van der Waals surface area contributed by atoms with Gasteiger partial charge in [-0.3, -0.25) is 9.69 Å². The van der Waals surface area contributed by atoms with Crippen molar-refractivity contribution in [1.82, 2.24) is 9.80 Å². The molecule has 2 aromatic rings. The summed E-state index contributed by atoms with van der Waals surface area (Å²) in [6.45, 7) is 4.48. The standard InChI is InChI=1S/C22H23ClF2N4O2/c1-14-12-28(13-15-2-5-17(24)6-3-15)8-9-29(14)21(30)7-4-16-10-19(25)18(23)11-20(16)27-22(26)31/h2-7,10-11,14H,8-9,12-13H2,1H3,(H3,26,27,31)/b7-4+. The van der Waals surface area contributed by atoms with Gasteiger partial charge in [0, 0.05) is 43.9 Å². The van der Waals surface area contributed by atoms with Gasteiger partial charge in [-0.1, -0.05) is 23.7 Å². The van der Waals surface area contributed by atoms with Gasteiger partial charge in [-0.25, -0.2) is 13.6 Å². The van der Waals surface area contributed by atoms with Crippen LogP contribution in [-0.4, -0.2) is 47.4 Å². The lowest BCUT2D eigenvalue weighted by Crippen LogP contribution is -2.53. The third kappa shape index (κ3) is 6.02. The molecular formula is C22H23ClF2N4O2. The number of nitrogens with two attached hydrogens (primary N) is 1. The average Bonchev–Trinajstić information content (AvgIpc) is 2.71. The Balaban J connectivity index is 1.65. The minimum atomic E-state index is -0.824. The first kappa shape index (κ1) is 22.7. The molecule has 3 amide bonds. The lowest BCUT2D eigenvalue weighted by molar-refractivity contribution is -0.130. The van der Waals surface area contributed by atoms with Crippen LogP contribution in [0.5, 0.6) is 0 Å². The molecule has 9 heteroatoms. The first-order chi connectivity index (χ1) is 14.7. The van der Waals surface area contributed by atoms with E-state index in [4.69, 9.17) is 17.3 Å². The lowest BCUT2D eigenvalue weighted by atomic mass is 10.1. The smallest absolute Gasteiger partial charge is 0.316 e. The summed E-state index contributed by atoms with van der Waals surface area (Å²) in [5.41, 5.74) is 6.63. The molecule has 1 fully saturated rings. The predicted molar refractivity (Wildman–Crippen MR) is 117 cm³/mol. The van der Waals surface area contributed by atoms with E-state index < -0.39 is 11.8 Å². The number of piperazine rings is 1. The number of amides is 3. The van der Waals surface area contributed by atoms with E-state index in [9.17, 15) is 18.4 Å². The number of rotatable bonds is 5. The number of anilines is 1. The van der Waals surface area contributed by atoms with Gasteiger partial charge in [-0.2, -0.15) is 0 Å². The van der Waals surface area contributed by atoms with Gasteiger partial charge in [0.15, 0.2) is 0 Å². The Morgan fingerprint density at radius 3 is 2.58 bits per heavy atom. The summed E-state index contributed by atoms with van der Waals surface area (Å²) in [7, 11) is 0. The third-order valence-electron chi connectivity index (χ3n) is 5.07. The molecule has 1 unspecified atom stereocenters. The molecule has 1 heterocycles. The van der Waals surface area contributed by atoms with Crippen molar-refractivity contribution >= 4 is 35.3 Å². The predicted octanol–water partition coefficient (Wildman–Crippen LogP) is 3.85. The van der Waals surface area contributed by atoms with Gasteiger partial charge in [-0.15, -0.1) is 0 Å². The van der Waals surface area contributed by atoms with Crippen molar-refractivity contribution in [1.29, 1.82) is 0 Å². The molecule has 1 aliphatic heterocycles. The van der Waals surface area contributed by atoms with Gasteiger partial charge in [0.1, 0.15) is 11.6 Å². The molecule has 164 valence electrons. The number of benzene rings is 2. The van der Waals surface area contributed by atoms with Crippen LogP contribution in [0.3, 0.4) is 0 Å². The molecule has 0 bridgehead atoms. The number of halogens is 3. The van der Waals surface area contributed by atoms with E-state index in [2.05, 4.69) is 10.2 Å². The molecule has 1 atom stereocenters. The number of carbonyl (C=O) groups excluding carboxylic acids is 2. The summed E-state index contributed by atoms with van der Waals surface area (Å²) in [6, 6.07) is 7.87. The number of hydrogen-bond donors (Lipinski definition) is 2. The molecule has 31 heavy (non-hydrogen) atoms. The van der Waals surface area contributed by atoms with E-state index >= 15 is 0 Å². The van der Waals surface area contributed by atoms with Crippen LogP contribution in [0.1, 0.15) is 18.1 Å². The topological polar surface area (TPSA) is 78.7 Å². The van der Waals surface area contributed by atoms with Crippen LogP contribution in [-0.2, 0) is 11.3 Å². The lowest BCUT2D eigenvalue weighted by Gasteiger charge is -2.39. The van der Waals surface area contributed by atoms with Crippen LogP contribution in [0.2, 0.25) is 5.02 Å². The second kappa shape index (κ2) is 9.89. The second-order valence-corrected chi connectivity index (χ2v) is 7.83. The van der Waals surface area contributed by atoms with Crippen LogP contribution < -0.4 is 11.1 Å². The van der Waals surface area contributed by atoms with Gasteiger partial charge >= 0.3 is 6.03 Å². The first-order valence-electron chi connectivity index (χ1n) is 9.74. The van der Waals surface area contributed by atoms with E-state index in [1.54, 1.807) is 17.0 Å². The Kier molecular flexibility index (Phi) is 7.25. The van der Waals surface area contributed by atoms with Crippen molar-refractivity contribution in [2.45, 2.75) is 19.5 Å². The van der Waals surface area contributed by atoms with Crippen LogP contribution in [0.25, 0.3) is 6.08 Å². The van der Waals surface area contributed by atoms with Crippen LogP contribution in [0.4, 0.5) is 19.3 Å². The molecular weight excluding hydrogens is 426 g/mol. The average molecular weight is 449 g/mol. The fourth-order valence-electron chi connectivity index (χ4n) is 3.55. The van der Waals surface area contributed by atoms with Crippen molar-refractivity contribution in [3.05, 3.63) is 70.3 Å².